The number of aromatic nitrogens is 2. The smallest absolute Gasteiger partial charge is 0.329 e. The van der Waals surface area contributed by atoms with Crippen LogP contribution in [0.5, 0.6) is 0 Å². The van der Waals surface area contributed by atoms with E-state index in [1.165, 1.54) is 13.5 Å². The first-order valence-corrected chi connectivity index (χ1v) is 7.73. The molecule has 1 aliphatic rings. The van der Waals surface area contributed by atoms with E-state index in [2.05, 4.69) is 14.9 Å². The van der Waals surface area contributed by atoms with Crippen molar-refractivity contribution in [3.8, 4) is 6.07 Å². The lowest BCUT2D eigenvalue weighted by molar-refractivity contribution is -0.141. The van der Waals surface area contributed by atoms with Crippen LogP contribution in [0.4, 0.5) is 5.82 Å². The standard InChI is InChI=1S/C17H18N4O2/c1-23-17(22)12(11-18)15-16(21-9-5-2-6-10-21)20-14-8-4-3-7-13(14)19-15/h3-4,7-8,12H,2,5-6,9-10H2,1H3. The minimum atomic E-state index is -1.06. The molecule has 0 spiro atoms. The second-order valence-corrected chi connectivity index (χ2v) is 5.55. The average Bonchev–Trinajstić information content (AvgIpc) is 2.62. The Balaban J connectivity index is 2.15. The van der Waals surface area contributed by atoms with Gasteiger partial charge in [0.25, 0.3) is 0 Å². The Kier molecular flexibility index (Phi) is 4.38. The van der Waals surface area contributed by atoms with Crippen molar-refractivity contribution in [1.82, 2.24) is 9.97 Å². The molecule has 0 amide bonds. The maximum atomic E-state index is 12.0. The molecule has 0 saturated carbocycles. The summed E-state index contributed by atoms with van der Waals surface area (Å²) in [7, 11) is 1.28. The van der Waals surface area contributed by atoms with E-state index in [0.29, 0.717) is 17.0 Å². The third-order valence-electron chi connectivity index (χ3n) is 4.07. The topological polar surface area (TPSA) is 79.1 Å². The van der Waals surface area contributed by atoms with Gasteiger partial charge in [0.15, 0.2) is 11.7 Å². The first-order chi connectivity index (χ1) is 11.2. The Labute approximate surface area is 134 Å². The van der Waals surface area contributed by atoms with Gasteiger partial charge in [-0.05, 0) is 31.4 Å². The Hall–Kier alpha value is -2.68. The summed E-state index contributed by atoms with van der Waals surface area (Å²) in [6.07, 6.45) is 3.33. The Morgan fingerprint density at radius 1 is 1.22 bits per heavy atom. The highest BCUT2D eigenvalue weighted by atomic mass is 16.5. The average molecular weight is 310 g/mol. The first kappa shape index (κ1) is 15.2. The quantitative estimate of drug-likeness (QED) is 0.810. The zero-order valence-electron chi connectivity index (χ0n) is 13.0. The monoisotopic (exact) mass is 310 g/mol. The van der Waals surface area contributed by atoms with Crippen LogP contribution < -0.4 is 4.90 Å². The molecule has 2 aromatic rings. The predicted molar refractivity (Wildman–Crippen MR) is 86.0 cm³/mol. The van der Waals surface area contributed by atoms with Gasteiger partial charge >= 0.3 is 5.97 Å². The van der Waals surface area contributed by atoms with Gasteiger partial charge in [-0.1, -0.05) is 12.1 Å². The number of rotatable bonds is 3. The van der Waals surface area contributed by atoms with Crippen LogP contribution in [-0.4, -0.2) is 36.1 Å². The van der Waals surface area contributed by atoms with E-state index < -0.39 is 11.9 Å². The number of esters is 1. The summed E-state index contributed by atoms with van der Waals surface area (Å²) in [6.45, 7) is 1.72. The highest BCUT2D eigenvalue weighted by Crippen LogP contribution is 2.29. The van der Waals surface area contributed by atoms with Crippen LogP contribution in [-0.2, 0) is 9.53 Å². The van der Waals surface area contributed by atoms with Crippen molar-refractivity contribution in [2.24, 2.45) is 0 Å². The van der Waals surface area contributed by atoms with Crippen LogP contribution in [0, 0.1) is 11.3 Å². The Morgan fingerprint density at radius 2 is 1.87 bits per heavy atom. The molecule has 1 aromatic carbocycles. The van der Waals surface area contributed by atoms with Crippen LogP contribution in [0.3, 0.4) is 0 Å². The summed E-state index contributed by atoms with van der Waals surface area (Å²) < 4.78 is 4.76. The maximum absolute atomic E-state index is 12.0. The third-order valence-corrected chi connectivity index (χ3v) is 4.07. The second-order valence-electron chi connectivity index (χ2n) is 5.55. The number of carbonyl (C=O) groups excluding carboxylic acids is 1. The van der Waals surface area contributed by atoms with E-state index >= 15 is 0 Å². The van der Waals surface area contributed by atoms with Crippen LogP contribution in [0.2, 0.25) is 0 Å². The Morgan fingerprint density at radius 3 is 2.48 bits per heavy atom. The van der Waals surface area contributed by atoms with Gasteiger partial charge < -0.3 is 9.64 Å². The molecule has 0 bridgehead atoms. The molecule has 2 heterocycles. The zero-order chi connectivity index (χ0) is 16.2. The molecule has 1 atom stereocenters. The number of hydrogen-bond donors (Lipinski definition) is 0. The number of fused-ring (bicyclic) bond motifs is 1. The van der Waals surface area contributed by atoms with Crippen LogP contribution in [0.15, 0.2) is 24.3 Å². The van der Waals surface area contributed by atoms with Crippen LogP contribution in [0.25, 0.3) is 11.0 Å². The summed E-state index contributed by atoms with van der Waals surface area (Å²) >= 11 is 0. The normalized spacial score (nSPS) is 15.9. The van der Waals surface area contributed by atoms with Crippen molar-refractivity contribution in [2.45, 2.75) is 25.2 Å². The van der Waals surface area contributed by atoms with E-state index in [-0.39, 0.29) is 0 Å². The highest BCUT2D eigenvalue weighted by molar-refractivity contribution is 5.85. The van der Waals surface area contributed by atoms with Crippen molar-refractivity contribution in [2.75, 3.05) is 25.1 Å². The molecular weight excluding hydrogens is 292 g/mol. The fourth-order valence-corrected chi connectivity index (χ4v) is 2.88. The molecule has 1 aliphatic heterocycles. The molecule has 0 radical (unpaired) electrons. The number of ether oxygens (including phenoxy) is 1. The molecule has 0 N–H and O–H groups in total. The molecule has 6 nitrogen and oxygen atoms in total. The van der Waals surface area contributed by atoms with Gasteiger partial charge in [0, 0.05) is 13.1 Å². The minimum absolute atomic E-state index is 0.389. The van der Waals surface area contributed by atoms with E-state index in [1.807, 2.05) is 30.3 Å². The lowest BCUT2D eigenvalue weighted by Crippen LogP contribution is -2.32. The van der Waals surface area contributed by atoms with Crippen molar-refractivity contribution < 1.29 is 9.53 Å². The zero-order valence-corrected chi connectivity index (χ0v) is 13.0. The largest absolute Gasteiger partial charge is 0.468 e. The van der Waals surface area contributed by atoms with Gasteiger partial charge in [-0.3, -0.25) is 4.79 Å². The molecule has 1 unspecified atom stereocenters. The van der Waals surface area contributed by atoms with Crippen molar-refractivity contribution in [3.05, 3.63) is 30.0 Å². The third kappa shape index (κ3) is 2.95. The molecular formula is C17H18N4O2. The number of methoxy groups -OCH3 is 1. The van der Waals surface area contributed by atoms with Crippen molar-refractivity contribution >= 4 is 22.8 Å². The number of para-hydroxylation sites is 2. The number of carbonyl (C=O) groups is 1. The number of nitriles is 1. The van der Waals surface area contributed by atoms with E-state index in [0.717, 1.165) is 31.4 Å². The summed E-state index contributed by atoms with van der Waals surface area (Å²) in [4.78, 5) is 23.4. The summed E-state index contributed by atoms with van der Waals surface area (Å²) in [6, 6.07) is 9.49. The molecule has 0 aliphatic carbocycles. The molecule has 6 heteroatoms. The van der Waals surface area contributed by atoms with Gasteiger partial charge in [-0.2, -0.15) is 5.26 Å². The lowest BCUT2D eigenvalue weighted by atomic mass is 10.0. The summed E-state index contributed by atoms with van der Waals surface area (Å²) in [5.74, 6) is -1.04. The van der Waals surface area contributed by atoms with Gasteiger partial charge in [0.2, 0.25) is 0 Å². The predicted octanol–water partition coefficient (Wildman–Crippen LogP) is 2.40. The molecule has 3 rings (SSSR count). The SMILES string of the molecule is COC(=O)C(C#N)c1nc2ccccc2nc1N1CCCCC1. The summed E-state index contributed by atoms with van der Waals surface area (Å²) in [5, 5.41) is 9.44. The number of hydrogen-bond acceptors (Lipinski definition) is 6. The first-order valence-electron chi connectivity index (χ1n) is 7.73. The summed E-state index contributed by atoms with van der Waals surface area (Å²) in [5.41, 5.74) is 1.82. The van der Waals surface area contributed by atoms with Crippen LogP contribution >= 0.6 is 0 Å². The number of piperidine rings is 1. The fraction of sp³-hybridized carbons (Fsp3) is 0.412. The number of nitrogens with zero attached hydrogens (tertiary/aromatic N) is 4. The minimum Gasteiger partial charge on any atom is -0.468 e. The van der Waals surface area contributed by atoms with Gasteiger partial charge in [-0.25, -0.2) is 9.97 Å². The maximum Gasteiger partial charge on any atom is 0.329 e. The van der Waals surface area contributed by atoms with Crippen molar-refractivity contribution in [1.29, 1.82) is 5.26 Å². The number of benzene rings is 1. The Bertz CT molecular complexity index is 763. The second kappa shape index (κ2) is 6.61. The van der Waals surface area contributed by atoms with Gasteiger partial charge in [-0.15, -0.1) is 0 Å². The molecule has 1 fully saturated rings. The van der Waals surface area contributed by atoms with Gasteiger partial charge in [0.05, 0.1) is 24.2 Å². The van der Waals surface area contributed by atoms with Gasteiger partial charge in [0.1, 0.15) is 5.69 Å². The molecule has 1 aromatic heterocycles. The molecule has 23 heavy (non-hydrogen) atoms. The van der Waals surface area contributed by atoms with Crippen molar-refractivity contribution in [3.63, 3.8) is 0 Å². The van der Waals surface area contributed by atoms with E-state index in [1.54, 1.807) is 0 Å². The van der Waals surface area contributed by atoms with E-state index in [9.17, 15) is 10.1 Å². The van der Waals surface area contributed by atoms with Crippen LogP contribution in [0.1, 0.15) is 30.9 Å². The van der Waals surface area contributed by atoms with E-state index in [4.69, 9.17) is 4.74 Å². The number of anilines is 1. The molecule has 118 valence electrons. The molecule has 1 saturated heterocycles. The lowest BCUT2D eigenvalue weighted by Gasteiger charge is -2.29. The fourth-order valence-electron chi connectivity index (χ4n) is 2.88. The highest BCUT2D eigenvalue weighted by Gasteiger charge is 2.29.